The number of hydrogen-bond acceptors (Lipinski definition) is 8. The maximum Gasteiger partial charge on any atom is 0.142 e. The van der Waals surface area contributed by atoms with Gasteiger partial charge in [-0.15, -0.1) is 0 Å². The highest BCUT2D eigenvalue weighted by Crippen LogP contribution is 2.33. The number of aryl methyl sites for hydroxylation is 1. The second-order valence-corrected chi connectivity index (χ2v) is 6.07. The highest BCUT2D eigenvalue weighted by Gasteiger charge is 2.11. The summed E-state index contributed by atoms with van der Waals surface area (Å²) < 4.78 is 21.4. The molecule has 0 spiro atoms. The summed E-state index contributed by atoms with van der Waals surface area (Å²) in [5.41, 5.74) is 1.46. The molecule has 2 aromatic carbocycles. The van der Waals surface area contributed by atoms with Crippen molar-refractivity contribution in [2.24, 2.45) is 0 Å². The van der Waals surface area contributed by atoms with Crippen LogP contribution in [0.3, 0.4) is 0 Å². The highest BCUT2D eigenvalue weighted by atomic mass is 16.5. The van der Waals surface area contributed by atoms with Crippen molar-refractivity contribution < 1.29 is 18.9 Å². The van der Waals surface area contributed by atoms with Crippen molar-refractivity contribution in [3.63, 3.8) is 0 Å². The Morgan fingerprint density at radius 3 is 1.45 bits per heavy atom. The number of methoxy groups -OCH3 is 4. The van der Waals surface area contributed by atoms with Gasteiger partial charge in [0.05, 0.1) is 39.8 Å². The molecule has 0 aliphatic rings. The van der Waals surface area contributed by atoms with Gasteiger partial charge in [-0.2, -0.15) is 0 Å². The smallest absolute Gasteiger partial charge is 0.142 e. The molecule has 8 nitrogen and oxygen atoms in total. The molecule has 152 valence electrons. The van der Waals surface area contributed by atoms with Crippen LogP contribution in [0.5, 0.6) is 23.0 Å². The Hall–Kier alpha value is -3.68. The summed E-state index contributed by atoms with van der Waals surface area (Å²) >= 11 is 0. The van der Waals surface area contributed by atoms with E-state index in [1.807, 2.05) is 43.3 Å². The van der Waals surface area contributed by atoms with Crippen molar-refractivity contribution in [2.75, 3.05) is 39.1 Å². The van der Waals surface area contributed by atoms with Crippen LogP contribution in [-0.2, 0) is 0 Å². The Balaban J connectivity index is 1.92. The van der Waals surface area contributed by atoms with Gasteiger partial charge in [0.15, 0.2) is 0 Å². The molecule has 0 unspecified atom stereocenters. The molecule has 0 saturated carbocycles. The fraction of sp³-hybridized carbons (Fsp3) is 0.238. The van der Waals surface area contributed by atoms with Crippen LogP contribution in [0.2, 0.25) is 0 Å². The highest BCUT2D eigenvalue weighted by molar-refractivity contribution is 5.71. The van der Waals surface area contributed by atoms with Crippen molar-refractivity contribution in [3.8, 4) is 23.0 Å². The zero-order chi connectivity index (χ0) is 20.8. The monoisotopic (exact) mass is 396 g/mol. The molecule has 0 aliphatic carbocycles. The van der Waals surface area contributed by atoms with Gasteiger partial charge in [0.2, 0.25) is 0 Å². The third kappa shape index (κ3) is 4.78. The molecule has 0 amide bonds. The maximum absolute atomic E-state index is 5.42. The van der Waals surface area contributed by atoms with E-state index in [0.29, 0.717) is 40.5 Å². The second-order valence-electron chi connectivity index (χ2n) is 6.07. The minimum absolute atomic E-state index is 0.598. The van der Waals surface area contributed by atoms with Gasteiger partial charge in [-0.05, 0) is 31.2 Å². The molecule has 1 aromatic heterocycles. The van der Waals surface area contributed by atoms with Crippen LogP contribution in [0.25, 0.3) is 0 Å². The van der Waals surface area contributed by atoms with Crippen LogP contribution >= 0.6 is 0 Å². The Morgan fingerprint density at radius 1 is 0.621 bits per heavy atom. The van der Waals surface area contributed by atoms with Gasteiger partial charge in [0.1, 0.15) is 40.5 Å². The summed E-state index contributed by atoms with van der Waals surface area (Å²) in [4.78, 5) is 8.93. The van der Waals surface area contributed by atoms with Crippen LogP contribution in [0.1, 0.15) is 5.82 Å². The first kappa shape index (κ1) is 20.1. The molecule has 8 heteroatoms. The van der Waals surface area contributed by atoms with Gasteiger partial charge in [-0.3, -0.25) is 0 Å². The van der Waals surface area contributed by atoms with Gasteiger partial charge in [-0.25, -0.2) is 9.97 Å². The van der Waals surface area contributed by atoms with Gasteiger partial charge >= 0.3 is 0 Å². The summed E-state index contributed by atoms with van der Waals surface area (Å²) in [7, 11) is 6.45. The molecule has 3 aromatic rings. The fourth-order valence-electron chi connectivity index (χ4n) is 2.80. The van der Waals surface area contributed by atoms with E-state index >= 15 is 0 Å². The van der Waals surface area contributed by atoms with Crippen LogP contribution in [0, 0.1) is 6.92 Å². The lowest BCUT2D eigenvalue weighted by Crippen LogP contribution is -2.03. The van der Waals surface area contributed by atoms with Crippen molar-refractivity contribution in [3.05, 3.63) is 48.3 Å². The van der Waals surface area contributed by atoms with E-state index in [1.54, 1.807) is 34.5 Å². The summed E-state index contributed by atoms with van der Waals surface area (Å²) in [5.74, 6) is 4.57. The Bertz CT molecular complexity index is 919. The summed E-state index contributed by atoms with van der Waals surface area (Å²) in [6.07, 6.45) is 0. The number of rotatable bonds is 8. The number of nitrogens with zero attached hydrogens (tertiary/aromatic N) is 2. The lowest BCUT2D eigenvalue weighted by atomic mass is 10.2. The molecule has 0 radical (unpaired) electrons. The quantitative estimate of drug-likeness (QED) is 0.583. The van der Waals surface area contributed by atoms with Gasteiger partial charge in [-0.1, -0.05) is 0 Å². The fourth-order valence-corrected chi connectivity index (χ4v) is 2.80. The van der Waals surface area contributed by atoms with E-state index in [2.05, 4.69) is 20.6 Å². The molecule has 0 atom stereocenters. The molecule has 0 bridgehead atoms. The molecule has 1 heterocycles. The number of ether oxygens (including phenoxy) is 4. The average molecular weight is 396 g/mol. The molecule has 0 saturated heterocycles. The first-order chi connectivity index (χ1) is 14.1. The topological polar surface area (TPSA) is 86.8 Å². The number of aromatic nitrogens is 2. The van der Waals surface area contributed by atoms with Crippen molar-refractivity contribution in [2.45, 2.75) is 6.92 Å². The number of hydrogen-bond donors (Lipinski definition) is 2. The first-order valence-corrected chi connectivity index (χ1v) is 8.90. The van der Waals surface area contributed by atoms with Crippen LogP contribution in [0.15, 0.2) is 42.5 Å². The van der Waals surface area contributed by atoms with E-state index in [4.69, 9.17) is 18.9 Å². The lowest BCUT2D eigenvalue weighted by molar-refractivity contribution is 0.404. The lowest BCUT2D eigenvalue weighted by Gasteiger charge is -2.15. The second kappa shape index (κ2) is 9.01. The predicted octanol–water partition coefficient (Wildman–Crippen LogP) is 4.31. The minimum atomic E-state index is 0.598. The van der Waals surface area contributed by atoms with E-state index in [9.17, 15) is 0 Å². The molecule has 0 aliphatic heterocycles. The largest absolute Gasteiger partial charge is 0.497 e. The predicted molar refractivity (Wildman–Crippen MR) is 112 cm³/mol. The minimum Gasteiger partial charge on any atom is -0.497 e. The standard InChI is InChI=1S/C21H24N4O4/c1-13-22-20(24-16-10-14(26-2)6-8-18(16)28-4)12-21(23-13)25-17-11-15(27-3)7-9-19(17)29-5/h6-12H,1-5H3,(H2,22,23,24,25). The Morgan fingerprint density at radius 2 is 1.07 bits per heavy atom. The first-order valence-electron chi connectivity index (χ1n) is 8.90. The van der Waals surface area contributed by atoms with Crippen LogP contribution in [-0.4, -0.2) is 38.4 Å². The molecular weight excluding hydrogens is 372 g/mol. The zero-order valence-corrected chi connectivity index (χ0v) is 17.1. The average Bonchev–Trinajstić information content (AvgIpc) is 2.73. The van der Waals surface area contributed by atoms with Crippen LogP contribution < -0.4 is 29.6 Å². The number of nitrogens with one attached hydrogen (secondary N) is 2. The zero-order valence-electron chi connectivity index (χ0n) is 17.1. The van der Waals surface area contributed by atoms with E-state index in [1.165, 1.54) is 0 Å². The summed E-state index contributed by atoms with van der Waals surface area (Å²) in [6, 6.07) is 12.8. The Labute approximate surface area is 169 Å². The van der Waals surface area contributed by atoms with Crippen molar-refractivity contribution in [1.82, 2.24) is 9.97 Å². The van der Waals surface area contributed by atoms with E-state index in [0.717, 1.165) is 11.4 Å². The van der Waals surface area contributed by atoms with E-state index < -0.39 is 0 Å². The Kier molecular flexibility index (Phi) is 6.23. The van der Waals surface area contributed by atoms with Crippen LogP contribution in [0.4, 0.5) is 23.0 Å². The SMILES string of the molecule is COc1ccc(OC)c(Nc2cc(Nc3cc(OC)ccc3OC)nc(C)n2)c1. The molecule has 29 heavy (non-hydrogen) atoms. The number of benzene rings is 2. The maximum atomic E-state index is 5.42. The number of anilines is 4. The van der Waals surface area contributed by atoms with Gasteiger partial charge in [0.25, 0.3) is 0 Å². The normalized spacial score (nSPS) is 10.2. The summed E-state index contributed by atoms with van der Waals surface area (Å²) in [6.45, 7) is 1.82. The molecule has 3 rings (SSSR count). The molecule has 2 N–H and O–H groups in total. The van der Waals surface area contributed by atoms with Crippen molar-refractivity contribution in [1.29, 1.82) is 0 Å². The third-order valence-electron chi connectivity index (χ3n) is 4.18. The van der Waals surface area contributed by atoms with Gasteiger partial charge < -0.3 is 29.6 Å². The molecular formula is C21H24N4O4. The van der Waals surface area contributed by atoms with E-state index in [-0.39, 0.29) is 0 Å². The van der Waals surface area contributed by atoms with Gasteiger partial charge in [0, 0.05) is 18.2 Å². The molecule has 0 fully saturated rings. The summed E-state index contributed by atoms with van der Waals surface area (Å²) in [5, 5.41) is 6.53. The van der Waals surface area contributed by atoms with Crippen molar-refractivity contribution >= 4 is 23.0 Å². The third-order valence-corrected chi connectivity index (χ3v) is 4.18.